The Morgan fingerprint density at radius 2 is 2.12 bits per heavy atom. The minimum absolute atomic E-state index is 0.394. The molecule has 0 aromatic rings. The molecule has 0 aromatic carbocycles. The summed E-state index contributed by atoms with van der Waals surface area (Å²) >= 11 is 0. The van der Waals surface area contributed by atoms with Crippen molar-refractivity contribution in [1.29, 1.82) is 0 Å². The third-order valence-corrected chi connectivity index (χ3v) is 4.12. The summed E-state index contributed by atoms with van der Waals surface area (Å²) in [5, 5.41) is 0. The van der Waals surface area contributed by atoms with Gasteiger partial charge in [-0.3, -0.25) is 4.90 Å². The van der Waals surface area contributed by atoms with Crippen molar-refractivity contribution in [2.45, 2.75) is 45.3 Å². The SMILES string of the molecule is CC1CCC(N)C(CN2CCOC(C)C2)C1. The first-order valence-corrected chi connectivity index (χ1v) is 6.74. The Balaban J connectivity index is 1.82. The van der Waals surface area contributed by atoms with Gasteiger partial charge in [0.1, 0.15) is 0 Å². The van der Waals surface area contributed by atoms with Crippen LogP contribution in [0, 0.1) is 11.8 Å². The average Bonchev–Trinajstić information content (AvgIpc) is 2.24. The second kappa shape index (κ2) is 5.48. The van der Waals surface area contributed by atoms with Crippen LogP contribution < -0.4 is 5.73 Å². The van der Waals surface area contributed by atoms with Crippen molar-refractivity contribution in [2.24, 2.45) is 17.6 Å². The van der Waals surface area contributed by atoms with Gasteiger partial charge < -0.3 is 10.5 Å². The first-order valence-electron chi connectivity index (χ1n) is 6.74. The van der Waals surface area contributed by atoms with Gasteiger partial charge in [-0.25, -0.2) is 0 Å². The average molecular weight is 226 g/mol. The van der Waals surface area contributed by atoms with Crippen LogP contribution in [0.4, 0.5) is 0 Å². The Labute approximate surface area is 99.3 Å². The molecule has 1 aliphatic carbocycles. The molecule has 1 aliphatic heterocycles. The lowest BCUT2D eigenvalue weighted by Gasteiger charge is -2.38. The van der Waals surface area contributed by atoms with Gasteiger partial charge in [-0.05, 0) is 38.0 Å². The Bertz CT molecular complexity index is 222. The van der Waals surface area contributed by atoms with Crippen molar-refractivity contribution in [3.05, 3.63) is 0 Å². The van der Waals surface area contributed by atoms with E-state index in [1.54, 1.807) is 0 Å². The quantitative estimate of drug-likeness (QED) is 0.775. The summed E-state index contributed by atoms with van der Waals surface area (Å²) in [4.78, 5) is 2.54. The van der Waals surface area contributed by atoms with Crippen molar-refractivity contribution < 1.29 is 4.74 Å². The molecule has 2 fully saturated rings. The second-order valence-electron chi connectivity index (χ2n) is 5.78. The van der Waals surface area contributed by atoms with E-state index in [0.29, 0.717) is 18.1 Å². The molecule has 1 saturated carbocycles. The molecule has 2 aliphatic rings. The normalized spacial score (nSPS) is 42.2. The van der Waals surface area contributed by atoms with Crippen molar-refractivity contribution in [2.75, 3.05) is 26.2 Å². The van der Waals surface area contributed by atoms with Gasteiger partial charge in [0, 0.05) is 25.7 Å². The molecule has 0 bridgehead atoms. The second-order valence-corrected chi connectivity index (χ2v) is 5.78. The van der Waals surface area contributed by atoms with E-state index in [0.717, 1.165) is 25.6 Å². The summed E-state index contributed by atoms with van der Waals surface area (Å²) in [5.41, 5.74) is 6.24. The lowest BCUT2D eigenvalue weighted by atomic mass is 9.79. The molecule has 3 nitrogen and oxygen atoms in total. The van der Waals surface area contributed by atoms with E-state index in [1.807, 2.05) is 0 Å². The molecule has 1 saturated heterocycles. The number of nitrogens with two attached hydrogens (primary N) is 1. The summed E-state index contributed by atoms with van der Waals surface area (Å²) in [5.74, 6) is 1.57. The van der Waals surface area contributed by atoms with Gasteiger partial charge in [0.15, 0.2) is 0 Å². The van der Waals surface area contributed by atoms with E-state index >= 15 is 0 Å². The molecule has 2 N–H and O–H groups in total. The molecule has 94 valence electrons. The maximum atomic E-state index is 6.24. The first-order chi connectivity index (χ1) is 7.65. The number of hydrogen-bond acceptors (Lipinski definition) is 3. The Kier molecular flexibility index (Phi) is 4.22. The Morgan fingerprint density at radius 1 is 1.31 bits per heavy atom. The largest absolute Gasteiger partial charge is 0.376 e. The van der Waals surface area contributed by atoms with E-state index in [4.69, 9.17) is 10.5 Å². The monoisotopic (exact) mass is 226 g/mol. The fraction of sp³-hybridized carbons (Fsp3) is 1.00. The van der Waals surface area contributed by atoms with Crippen LogP contribution in [-0.2, 0) is 4.74 Å². The zero-order valence-electron chi connectivity index (χ0n) is 10.7. The minimum Gasteiger partial charge on any atom is -0.376 e. The van der Waals surface area contributed by atoms with Gasteiger partial charge in [0.25, 0.3) is 0 Å². The van der Waals surface area contributed by atoms with Gasteiger partial charge >= 0.3 is 0 Å². The fourth-order valence-corrected chi connectivity index (χ4v) is 3.12. The topological polar surface area (TPSA) is 38.5 Å². The fourth-order valence-electron chi connectivity index (χ4n) is 3.12. The molecular formula is C13H26N2O. The molecule has 16 heavy (non-hydrogen) atoms. The van der Waals surface area contributed by atoms with Crippen molar-refractivity contribution in [1.82, 2.24) is 4.90 Å². The van der Waals surface area contributed by atoms with Crippen LogP contribution in [0.3, 0.4) is 0 Å². The smallest absolute Gasteiger partial charge is 0.0674 e. The van der Waals surface area contributed by atoms with E-state index in [1.165, 1.54) is 25.8 Å². The van der Waals surface area contributed by atoms with Crippen LogP contribution in [0.25, 0.3) is 0 Å². The number of hydrogen-bond donors (Lipinski definition) is 1. The molecule has 0 radical (unpaired) electrons. The zero-order chi connectivity index (χ0) is 11.5. The highest BCUT2D eigenvalue weighted by Crippen LogP contribution is 2.28. The maximum absolute atomic E-state index is 6.24. The predicted octanol–water partition coefficient (Wildman–Crippen LogP) is 1.47. The third-order valence-electron chi connectivity index (χ3n) is 4.12. The first kappa shape index (κ1) is 12.3. The highest BCUT2D eigenvalue weighted by atomic mass is 16.5. The summed E-state index contributed by atoms with van der Waals surface area (Å²) in [6, 6.07) is 0.425. The highest BCUT2D eigenvalue weighted by Gasteiger charge is 2.28. The Morgan fingerprint density at radius 3 is 2.88 bits per heavy atom. The number of nitrogens with zero attached hydrogens (tertiary/aromatic N) is 1. The van der Waals surface area contributed by atoms with Crippen LogP contribution in [0.15, 0.2) is 0 Å². The van der Waals surface area contributed by atoms with Gasteiger partial charge in [-0.2, -0.15) is 0 Å². The minimum atomic E-state index is 0.394. The van der Waals surface area contributed by atoms with E-state index < -0.39 is 0 Å². The molecule has 3 heteroatoms. The van der Waals surface area contributed by atoms with Crippen LogP contribution in [0.1, 0.15) is 33.1 Å². The van der Waals surface area contributed by atoms with Gasteiger partial charge in [-0.1, -0.05) is 6.92 Å². The van der Waals surface area contributed by atoms with E-state index in [9.17, 15) is 0 Å². The van der Waals surface area contributed by atoms with Gasteiger partial charge in [0.2, 0.25) is 0 Å². The standard InChI is InChI=1S/C13H26N2O/c1-10-3-4-13(14)12(7-10)9-15-5-6-16-11(2)8-15/h10-13H,3-9,14H2,1-2H3. The molecule has 4 unspecified atom stereocenters. The summed E-state index contributed by atoms with van der Waals surface area (Å²) in [6.45, 7) is 8.76. The molecule has 0 amide bonds. The van der Waals surface area contributed by atoms with E-state index in [2.05, 4.69) is 18.7 Å². The van der Waals surface area contributed by atoms with E-state index in [-0.39, 0.29) is 0 Å². The van der Waals surface area contributed by atoms with Crippen molar-refractivity contribution in [3.8, 4) is 0 Å². The summed E-state index contributed by atoms with van der Waals surface area (Å²) < 4.78 is 5.57. The lowest BCUT2D eigenvalue weighted by molar-refractivity contribution is -0.0267. The molecule has 0 aromatic heterocycles. The zero-order valence-corrected chi connectivity index (χ0v) is 10.7. The van der Waals surface area contributed by atoms with Gasteiger partial charge in [0.05, 0.1) is 12.7 Å². The predicted molar refractivity (Wildman–Crippen MR) is 66.3 cm³/mol. The molecule has 1 heterocycles. The summed E-state index contributed by atoms with van der Waals surface area (Å²) in [6.07, 6.45) is 4.24. The molecular weight excluding hydrogens is 200 g/mol. The number of morpholine rings is 1. The third kappa shape index (κ3) is 3.19. The van der Waals surface area contributed by atoms with Crippen LogP contribution >= 0.6 is 0 Å². The van der Waals surface area contributed by atoms with Gasteiger partial charge in [-0.15, -0.1) is 0 Å². The van der Waals surface area contributed by atoms with Crippen LogP contribution in [-0.4, -0.2) is 43.3 Å². The molecule has 4 atom stereocenters. The number of rotatable bonds is 2. The highest BCUT2D eigenvalue weighted by molar-refractivity contribution is 4.84. The van der Waals surface area contributed by atoms with Crippen LogP contribution in [0.2, 0.25) is 0 Å². The van der Waals surface area contributed by atoms with Crippen LogP contribution in [0.5, 0.6) is 0 Å². The van der Waals surface area contributed by atoms with Crippen molar-refractivity contribution in [3.63, 3.8) is 0 Å². The van der Waals surface area contributed by atoms with Crippen molar-refractivity contribution >= 4 is 0 Å². The maximum Gasteiger partial charge on any atom is 0.0674 e. The number of ether oxygens (including phenoxy) is 1. The Hall–Kier alpha value is -0.120. The summed E-state index contributed by atoms with van der Waals surface area (Å²) in [7, 11) is 0. The molecule has 2 rings (SSSR count). The molecule has 0 spiro atoms. The lowest BCUT2D eigenvalue weighted by Crippen LogP contribution is -2.48.